The zero-order valence-corrected chi connectivity index (χ0v) is 30.8. The topological polar surface area (TPSA) is 177 Å². The number of unbranched alkanes of at least 4 members (excludes halogenated alkanes) is 1. The second kappa shape index (κ2) is 22.0. The molecule has 0 radical (unpaired) electrons. The van der Waals surface area contributed by atoms with Gasteiger partial charge in [0.1, 0.15) is 0 Å². The third kappa shape index (κ3) is 14.6. The predicted molar refractivity (Wildman–Crippen MR) is 201 cm³/mol. The predicted octanol–water partition coefficient (Wildman–Crippen LogP) is 3.92. The number of amides is 4. The summed E-state index contributed by atoms with van der Waals surface area (Å²) in [5, 5.41) is 8.72. The van der Waals surface area contributed by atoms with E-state index >= 15 is 0 Å². The number of likely N-dealkylation sites (tertiary alicyclic amines) is 1. The second-order valence-electron chi connectivity index (χ2n) is 14.3. The fraction of sp³-hybridized carbons (Fsp3) is 0.575. The molecule has 1 saturated heterocycles. The molecule has 0 aliphatic carbocycles. The Labute approximate surface area is 304 Å². The Bertz CT molecular complexity index is 1380. The summed E-state index contributed by atoms with van der Waals surface area (Å²) in [7, 11) is 0. The van der Waals surface area contributed by atoms with Crippen LogP contribution in [0.5, 0.6) is 0 Å². The molecule has 4 amide bonds. The molecular weight excluding hydrogens is 644 g/mol. The Morgan fingerprint density at radius 2 is 1.41 bits per heavy atom. The lowest BCUT2D eigenvalue weighted by Gasteiger charge is -2.35. The highest BCUT2D eigenvalue weighted by molar-refractivity contribution is 5.94. The summed E-state index contributed by atoms with van der Waals surface area (Å²) >= 11 is 0. The fourth-order valence-corrected chi connectivity index (χ4v) is 6.70. The number of hydrogen-bond acceptors (Lipinski definition) is 7. The van der Waals surface area contributed by atoms with Gasteiger partial charge in [-0.2, -0.15) is 0 Å². The van der Waals surface area contributed by atoms with Crippen LogP contribution in [0.25, 0.3) is 0 Å². The maximum atomic E-state index is 14.0. The maximum absolute atomic E-state index is 14.0. The summed E-state index contributed by atoms with van der Waals surface area (Å²) in [6, 6.07) is 17.3. The van der Waals surface area contributed by atoms with Gasteiger partial charge < -0.3 is 32.3 Å². The molecule has 7 N–H and O–H groups in total. The lowest BCUT2D eigenvalue weighted by atomic mass is 9.87. The average Bonchev–Trinajstić information content (AvgIpc) is 3.11. The number of hydrogen-bond donors (Lipinski definition) is 5. The monoisotopic (exact) mass is 704 g/mol. The van der Waals surface area contributed by atoms with E-state index < -0.39 is 23.9 Å². The number of ketones is 2. The van der Waals surface area contributed by atoms with Crippen LogP contribution in [0.15, 0.2) is 60.7 Å². The van der Waals surface area contributed by atoms with Gasteiger partial charge in [0.05, 0.1) is 12.1 Å². The van der Waals surface area contributed by atoms with Gasteiger partial charge in [-0.25, -0.2) is 4.79 Å². The van der Waals surface area contributed by atoms with E-state index in [0.29, 0.717) is 71.1 Å². The van der Waals surface area contributed by atoms with Gasteiger partial charge in [-0.1, -0.05) is 80.9 Å². The number of carbonyl (C=O) groups excluding carboxylic acids is 5. The molecule has 0 unspecified atom stereocenters. The molecule has 2 aromatic rings. The number of benzene rings is 2. The van der Waals surface area contributed by atoms with Gasteiger partial charge in [0.15, 0.2) is 11.6 Å². The van der Waals surface area contributed by atoms with Crippen molar-refractivity contribution < 1.29 is 24.0 Å². The Balaban J connectivity index is 1.73. The summed E-state index contributed by atoms with van der Waals surface area (Å²) < 4.78 is 0. The number of carbonyl (C=O) groups is 5. The maximum Gasteiger partial charge on any atom is 0.314 e. The molecule has 0 spiro atoms. The number of nitrogens with zero attached hydrogens (tertiary/aromatic N) is 1. The number of piperidine rings is 1. The summed E-state index contributed by atoms with van der Waals surface area (Å²) in [5.41, 5.74) is 14.0. The standard InChI is InChI=1S/C40H60N6O5/c1-4-43-40(51)44-33-18-21-46(22-19-33)39(50)31(17-11-12-20-41)26-37(48)35(23-28(2)3)45-38(49)32(24-29-13-7-5-8-14-29)27-36(47)34(42)25-30-15-9-6-10-16-30/h5-10,13-16,28,31-35H,4,11-12,17-27,41-42H2,1-3H3,(H,45,49)(H2,43,44,51)/t31-,32-,34+,35+/m0/s1. The van der Waals surface area contributed by atoms with Crippen molar-refractivity contribution in [3.63, 3.8) is 0 Å². The molecular formula is C40H60N6O5. The molecule has 0 bridgehead atoms. The van der Waals surface area contributed by atoms with Gasteiger partial charge in [-0.15, -0.1) is 0 Å². The number of nitrogens with one attached hydrogen (secondary N) is 3. The smallest absolute Gasteiger partial charge is 0.314 e. The van der Waals surface area contributed by atoms with E-state index in [9.17, 15) is 24.0 Å². The summed E-state index contributed by atoms with van der Waals surface area (Å²) in [5.74, 6) is -2.02. The van der Waals surface area contributed by atoms with Gasteiger partial charge in [-0.3, -0.25) is 19.2 Å². The van der Waals surface area contributed by atoms with Crippen molar-refractivity contribution in [3.8, 4) is 0 Å². The van der Waals surface area contributed by atoms with Crippen LogP contribution in [-0.2, 0) is 32.0 Å². The minimum atomic E-state index is -0.805. The van der Waals surface area contributed by atoms with E-state index in [1.807, 2.05) is 81.4 Å². The van der Waals surface area contributed by atoms with Crippen LogP contribution in [0.4, 0.5) is 4.79 Å². The van der Waals surface area contributed by atoms with Gasteiger partial charge in [0.25, 0.3) is 0 Å². The summed E-state index contributed by atoms with van der Waals surface area (Å²) in [6.07, 6.45) is 4.29. The van der Waals surface area contributed by atoms with Gasteiger partial charge >= 0.3 is 6.03 Å². The molecule has 1 fully saturated rings. The highest BCUT2D eigenvalue weighted by atomic mass is 16.2. The van der Waals surface area contributed by atoms with E-state index in [1.54, 1.807) is 4.90 Å². The fourth-order valence-electron chi connectivity index (χ4n) is 6.70. The third-order valence-corrected chi connectivity index (χ3v) is 9.55. The first-order valence-electron chi connectivity index (χ1n) is 18.7. The molecule has 11 nitrogen and oxygen atoms in total. The summed E-state index contributed by atoms with van der Waals surface area (Å²) in [4.78, 5) is 69.1. The summed E-state index contributed by atoms with van der Waals surface area (Å²) in [6.45, 7) is 7.85. The normalized spacial score (nSPS) is 15.8. The molecule has 280 valence electrons. The Morgan fingerprint density at radius 3 is 1.98 bits per heavy atom. The highest BCUT2D eigenvalue weighted by Crippen LogP contribution is 2.23. The van der Waals surface area contributed by atoms with Gasteiger partial charge in [0.2, 0.25) is 11.8 Å². The third-order valence-electron chi connectivity index (χ3n) is 9.55. The largest absolute Gasteiger partial charge is 0.346 e. The van der Waals surface area contributed by atoms with Crippen molar-refractivity contribution in [1.29, 1.82) is 0 Å². The second-order valence-corrected chi connectivity index (χ2v) is 14.3. The van der Waals surface area contributed by atoms with E-state index in [4.69, 9.17) is 11.5 Å². The van der Waals surface area contributed by atoms with Gasteiger partial charge in [0, 0.05) is 50.4 Å². The average molecular weight is 705 g/mol. The molecule has 4 atom stereocenters. The van der Waals surface area contributed by atoms with Crippen LogP contribution in [0, 0.1) is 17.8 Å². The number of nitrogens with two attached hydrogens (primary N) is 2. The van der Waals surface area contributed by atoms with Crippen molar-refractivity contribution in [2.75, 3.05) is 26.2 Å². The molecule has 0 aromatic heterocycles. The van der Waals surface area contributed by atoms with Gasteiger partial charge in [-0.05, 0) is 75.5 Å². The first-order chi connectivity index (χ1) is 24.5. The Morgan fingerprint density at radius 1 is 0.824 bits per heavy atom. The first kappa shape index (κ1) is 41.3. The van der Waals surface area contributed by atoms with Crippen LogP contribution >= 0.6 is 0 Å². The minimum absolute atomic E-state index is 0.00237. The molecule has 1 aliphatic heterocycles. The van der Waals surface area contributed by atoms with Crippen molar-refractivity contribution in [2.45, 2.75) is 103 Å². The quantitative estimate of drug-likeness (QED) is 0.122. The van der Waals surface area contributed by atoms with Crippen molar-refractivity contribution >= 4 is 29.4 Å². The Kier molecular flexibility index (Phi) is 17.8. The molecule has 2 aromatic carbocycles. The van der Waals surface area contributed by atoms with Crippen LogP contribution in [0.1, 0.15) is 83.3 Å². The lowest BCUT2D eigenvalue weighted by Crippen LogP contribution is -2.51. The van der Waals surface area contributed by atoms with E-state index in [1.165, 1.54) is 0 Å². The Hall–Kier alpha value is -4.09. The van der Waals surface area contributed by atoms with Crippen LogP contribution in [-0.4, -0.2) is 78.6 Å². The SMILES string of the molecule is CCNC(=O)NC1CCN(C(=O)[C@@H](CCCCN)CC(=O)[C@@H](CC(C)C)NC(=O)[C@H](CC(=O)[C@H](N)Cc2ccccc2)Cc2ccccc2)CC1. The zero-order chi connectivity index (χ0) is 37.2. The molecule has 51 heavy (non-hydrogen) atoms. The van der Waals surface area contributed by atoms with Crippen LogP contribution in [0.2, 0.25) is 0 Å². The van der Waals surface area contributed by atoms with Crippen LogP contribution < -0.4 is 27.4 Å². The number of rotatable bonds is 21. The van der Waals surface area contributed by atoms with Crippen molar-refractivity contribution in [2.24, 2.45) is 29.2 Å². The molecule has 11 heteroatoms. The first-order valence-corrected chi connectivity index (χ1v) is 18.7. The number of urea groups is 1. The van der Waals surface area contributed by atoms with E-state index in [-0.39, 0.29) is 54.2 Å². The molecule has 0 saturated carbocycles. The molecule has 3 rings (SSSR count). The molecule has 1 heterocycles. The van der Waals surface area contributed by atoms with Crippen molar-refractivity contribution in [3.05, 3.63) is 71.8 Å². The van der Waals surface area contributed by atoms with Crippen molar-refractivity contribution in [1.82, 2.24) is 20.9 Å². The van der Waals surface area contributed by atoms with E-state index in [0.717, 1.165) is 17.5 Å². The minimum Gasteiger partial charge on any atom is -0.346 e. The molecule has 1 aliphatic rings. The van der Waals surface area contributed by atoms with E-state index in [2.05, 4.69) is 16.0 Å². The number of Topliss-reactive ketones (excluding diaryl/α,β-unsaturated/α-hetero) is 2. The lowest BCUT2D eigenvalue weighted by molar-refractivity contribution is -0.140. The van der Waals surface area contributed by atoms with Crippen LogP contribution in [0.3, 0.4) is 0 Å². The highest BCUT2D eigenvalue weighted by Gasteiger charge is 2.34. The zero-order valence-electron chi connectivity index (χ0n) is 30.8.